The van der Waals surface area contributed by atoms with Crippen LogP contribution in [0.25, 0.3) is 0 Å². The standard InChI is InChI=1S/C13H26N2O2S/c1-3-12(10-11-4-5-11)14-13-6-8-15(9-7-13)18(2,16)17/h11-14H,3-10H2,1-2H3. The van der Waals surface area contributed by atoms with E-state index in [4.69, 9.17) is 0 Å². The molecule has 0 aromatic heterocycles. The van der Waals surface area contributed by atoms with Gasteiger partial charge in [0.1, 0.15) is 0 Å². The van der Waals surface area contributed by atoms with Crippen molar-refractivity contribution in [3.8, 4) is 0 Å². The molecule has 1 saturated heterocycles. The monoisotopic (exact) mass is 274 g/mol. The predicted molar refractivity (Wildman–Crippen MR) is 74.0 cm³/mol. The van der Waals surface area contributed by atoms with Crippen LogP contribution in [-0.4, -0.2) is 44.2 Å². The fraction of sp³-hybridized carbons (Fsp3) is 1.00. The van der Waals surface area contributed by atoms with Crippen LogP contribution in [0.4, 0.5) is 0 Å². The molecule has 18 heavy (non-hydrogen) atoms. The summed E-state index contributed by atoms with van der Waals surface area (Å²) in [5, 5.41) is 3.73. The van der Waals surface area contributed by atoms with Crippen molar-refractivity contribution in [3.05, 3.63) is 0 Å². The van der Waals surface area contributed by atoms with Crippen LogP contribution in [0.5, 0.6) is 0 Å². The van der Waals surface area contributed by atoms with Crippen LogP contribution < -0.4 is 5.32 Å². The van der Waals surface area contributed by atoms with Gasteiger partial charge in [-0.3, -0.25) is 0 Å². The lowest BCUT2D eigenvalue weighted by Crippen LogP contribution is -2.47. The minimum absolute atomic E-state index is 0.506. The molecule has 1 heterocycles. The highest BCUT2D eigenvalue weighted by Crippen LogP contribution is 2.34. The third-order valence-electron chi connectivity index (χ3n) is 4.20. The Morgan fingerprint density at radius 3 is 2.28 bits per heavy atom. The van der Waals surface area contributed by atoms with Gasteiger partial charge in [0.2, 0.25) is 10.0 Å². The number of hydrogen-bond donors (Lipinski definition) is 1. The summed E-state index contributed by atoms with van der Waals surface area (Å²) < 4.78 is 24.5. The van der Waals surface area contributed by atoms with Gasteiger partial charge in [-0.2, -0.15) is 0 Å². The fourth-order valence-electron chi connectivity index (χ4n) is 2.80. The van der Waals surface area contributed by atoms with Crippen LogP contribution >= 0.6 is 0 Å². The van der Waals surface area contributed by atoms with Gasteiger partial charge in [-0.05, 0) is 31.6 Å². The summed E-state index contributed by atoms with van der Waals surface area (Å²) in [7, 11) is -2.99. The zero-order chi connectivity index (χ0) is 13.2. The van der Waals surface area contributed by atoms with Crippen molar-refractivity contribution in [3.63, 3.8) is 0 Å². The summed E-state index contributed by atoms with van der Waals surface area (Å²) in [6.45, 7) is 3.60. The van der Waals surface area contributed by atoms with Crippen LogP contribution in [0.2, 0.25) is 0 Å². The number of rotatable bonds is 6. The predicted octanol–water partition coefficient (Wildman–Crippen LogP) is 1.58. The van der Waals surface area contributed by atoms with Crippen molar-refractivity contribution < 1.29 is 8.42 Å². The third-order valence-corrected chi connectivity index (χ3v) is 5.51. The molecule has 2 rings (SSSR count). The Morgan fingerprint density at radius 1 is 1.22 bits per heavy atom. The van der Waals surface area contributed by atoms with Crippen molar-refractivity contribution in [2.24, 2.45) is 5.92 Å². The smallest absolute Gasteiger partial charge is 0.211 e. The van der Waals surface area contributed by atoms with Crippen LogP contribution in [-0.2, 0) is 10.0 Å². The Balaban J connectivity index is 1.74. The average molecular weight is 274 g/mol. The van der Waals surface area contributed by atoms with E-state index in [1.165, 1.54) is 31.9 Å². The van der Waals surface area contributed by atoms with Crippen molar-refractivity contribution in [1.29, 1.82) is 0 Å². The largest absolute Gasteiger partial charge is 0.311 e. The minimum atomic E-state index is -2.99. The molecule has 1 saturated carbocycles. The van der Waals surface area contributed by atoms with Gasteiger partial charge in [-0.25, -0.2) is 12.7 Å². The number of sulfonamides is 1. The molecular weight excluding hydrogens is 248 g/mol. The lowest BCUT2D eigenvalue weighted by atomic mass is 10.0. The summed E-state index contributed by atoms with van der Waals surface area (Å²) in [4.78, 5) is 0. The van der Waals surface area contributed by atoms with E-state index in [0.29, 0.717) is 25.2 Å². The molecular formula is C13H26N2O2S. The lowest BCUT2D eigenvalue weighted by molar-refractivity contribution is 0.265. The van der Waals surface area contributed by atoms with E-state index >= 15 is 0 Å². The average Bonchev–Trinajstić information content (AvgIpc) is 3.11. The molecule has 106 valence electrons. The van der Waals surface area contributed by atoms with E-state index in [2.05, 4.69) is 12.2 Å². The van der Waals surface area contributed by atoms with Gasteiger partial charge in [-0.15, -0.1) is 0 Å². The summed E-state index contributed by atoms with van der Waals surface area (Å²) in [6, 6.07) is 1.14. The first-order valence-corrected chi connectivity index (χ1v) is 9.05. The Morgan fingerprint density at radius 2 is 1.83 bits per heavy atom. The highest BCUT2D eigenvalue weighted by Gasteiger charge is 2.28. The molecule has 1 unspecified atom stereocenters. The molecule has 5 heteroatoms. The summed E-state index contributed by atoms with van der Waals surface area (Å²) >= 11 is 0. The van der Waals surface area contributed by atoms with Gasteiger partial charge in [-0.1, -0.05) is 19.8 Å². The van der Waals surface area contributed by atoms with Gasteiger partial charge < -0.3 is 5.32 Å². The highest BCUT2D eigenvalue weighted by molar-refractivity contribution is 7.88. The quantitative estimate of drug-likeness (QED) is 0.800. The van der Waals surface area contributed by atoms with Crippen molar-refractivity contribution in [2.75, 3.05) is 19.3 Å². The van der Waals surface area contributed by atoms with Crippen LogP contribution in [0.15, 0.2) is 0 Å². The van der Waals surface area contributed by atoms with E-state index in [-0.39, 0.29) is 0 Å². The first-order chi connectivity index (χ1) is 8.49. The van der Waals surface area contributed by atoms with E-state index in [9.17, 15) is 8.42 Å². The topological polar surface area (TPSA) is 49.4 Å². The van der Waals surface area contributed by atoms with Crippen LogP contribution in [0.1, 0.15) is 45.4 Å². The van der Waals surface area contributed by atoms with Crippen LogP contribution in [0, 0.1) is 5.92 Å². The lowest BCUT2D eigenvalue weighted by Gasteiger charge is -2.33. The Kier molecular flexibility index (Phi) is 4.67. The van der Waals surface area contributed by atoms with Crippen molar-refractivity contribution in [1.82, 2.24) is 9.62 Å². The zero-order valence-corrected chi connectivity index (χ0v) is 12.4. The molecule has 1 atom stereocenters. The molecule has 0 radical (unpaired) electrons. The summed E-state index contributed by atoms with van der Waals surface area (Å²) in [5.74, 6) is 0.957. The van der Waals surface area contributed by atoms with Crippen LogP contribution in [0.3, 0.4) is 0 Å². The fourth-order valence-corrected chi connectivity index (χ4v) is 3.67. The van der Waals surface area contributed by atoms with Crippen molar-refractivity contribution in [2.45, 2.75) is 57.5 Å². The molecule has 0 aromatic carbocycles. The van der Waals surface area contributed by atoms with Gasteiger partial charge in [0.25, 0.3) is 0 Å². The third kappa shape index (κ3) is 4.21. The molecule has 0 amide bonds. The van der Waals surface area contributed by atoms with E-state index < -0.39 is 10.0 Å². The maximum absolute atomic E-state index is 11.4. The zero-order valence-electron chi connectivity index (χ0n) is 11.6. The van der Waals surface area contributed by atoms with Gasteiger partial charge in [0.05, 0.1) is 6.26 Å². The Labute approximate surface area is 111 Å². The number of nitrogens with one attached hydrogen (secondary N) is 1. The highest BCUT2D eigenvalue weighted by atomic mass is 32.2. The molecule has 0 spiro atoms. The summed E-state index contributed by atoms with van der Waals surface area (Å²) in [5.41, 5.74) is 0. The molecule has 2 fully saturated rings. The Hall–Kier alpha value is -0.130. The number of piperidine rings is 1. The molecule has 0 aromatic rings. The van der Waals surface area contributed by atoms with E-state index in [0.717, 1.165) is 18.8 Å². The molecule has 1 aliphatic carbocycles. The molecule has 1 aliphatic heterocycles. The maximum atomic E-state index is 11.4. The second-order valence-corrected chi connectivity index (χ2v) is 7.87. The second kappa shape index (κ2) is 5.88. The van der Waals surface area contributed by atoms with Gasteiger partial charge in [0, 0.05) is 25.2 Å². The second-order valence-electron chi connectivity index (χ2n) is 5.89. The minimum Gasteiger partial charge on any atom is -0.311 e. The number of nitrogens with zero attached hydrogens (tertiary/aromatic N) is 1. The molecule has 4 nitrogen and oxygen atoms in total. The first kappa shape index (κ1) is 14.3. The molecule has 2 aliphatic rings. The SMILES string of the molecule is CCC(CC1CC1)NC1CCN(S(C)(=O)=O)CC1. The number of hydrogen-bond acceptors (Lipinski definition) is 3. The van der Waals surface area contributed by atoms with Gasteiger partial charge in [0.15, 0.2) is 0 Å². The first-order valence-electron chi connectivity index (χ1n) is 7.20. The molecule has 1 N–H and O–H groups in total. The Bertz CT molecular complexity index is 357. The maximum Gasteiger partial charge on any atom is 0.211 e. The van der Waals surface area contributed by atoms with E-state index in [1.807, 2.05) is 0 Å². The normalized spacial score (nSPS) is 25.2. The molecule has 0 bridgehead atoms. The van der Waals surface area contributed by atoms with Gasteiger partial charge >= 0.3 is 0 Å². The summed E-state index contributed by atoms with van der Waals surface area (Å²) in [6.07, 6.45) is 8.52. The van der Waals surface area contributed by atoms with E-state index in [1.54, 1.807) is 4.31 Å². The van der Waals surface area contributed by atoms with Crippen molar-refractivity contribution >= 4 is 10.0 Å².